The van der Waals surface area contributed by atoms with Crippen LogP contribution in [0.1, 0.15) is 13.3 Å². The fourth-order valence-corrected chi connectivity index (χ4v) is 3.22. The van der Waals surface area contributed by atoms with E-state index in [1.165, 1.54) is 6.92 Å². The molecular formula is C19H19N5O3. The number of nitrogens with zero attached hydrogens (tertiary/aromatic N) is 3. The van der Waals surface area contributed by atoms with Gasteiger partial charge in [-0.2, -0.15) is 5.10 Å². The van der Waals surface area contributed by atoms with Crippen LogP contribution in [-0.2, 0) is 4.79 Å². The van der Waals surface area contributed by atoms with E-state index in [0.717, 1.165) is 17.2 Å². The molecule has 1 saturated heterocycles. The summed E-state index contributed by atoms with van der Waals surface area (Å²) in [5.74, 6) is 0.796. The first-order valence-electron chi connectivity index (χ1n) is 8.67. The van der Waals surface area contributed by atoms with Crippen molar-refractivity contribution in [2.24, 2.45) is 0 Å². The Hall–Kier alpha value is -3.42. The van der Waals surface area contributed by atoms with Crippen LogP contribution < -0.4 is 10.4 Å². The molecule has 8 nitrogen and oxygen atoms in total. The molecule has 0 aliphatic carbocycles. The minimum Gasteiger partial charge on any atom is -0.472 e. The molecule has 4 rings (SSSR count). The molecule has 2 aromatic heterocycles. The van der Waals surface area contributed by atoms with Gasteiger partial charge in [0.15, 0.2) is 11.6 Å². The van der Waals surface area contributed by atoms with E-state index in [4.69, 9.17) is 4.74 Å². The summed E-state index contributed by atoms with van der Waals surface area (Å²) in [4.78, 5) is 32.0. The minimum absolute atomic E-state index is 0.0382. The number of rotatable bonds is 5. The number of fused-ring (bicyclic) bond motifs is 1. The molecule has 0 radical (unpaired) electrons. The van der Waals surface area contributed by atoms with Crippen molar-refractivity contribution in [2.75, 3.05) is 13.1 Å². The van der Waals surface area contributed by atoms with Gasteiger partial charge in [-0.3, -0.25) is 9.78 Å². The topological polar surface area (TPSA) is 104 Å². The Bertz CT molecular complexity index is 1080. The van der Waals surface area contributed by atoms with E-state index in [-0.39, 0.29) is 11.9 Å². The highest BCUT2D eigenvalue weighted by Crippen LogP contribution is 2.30. The molecule has 3 heterocycles. The van der Waals surface area contributed by atoms with Crippen molar-refractivity contribution in [3.63, 3.8) is 0 Å². The van der Waals surface area contributed by atoms with Crippen LogP contribution in [-0.4, -0.2) is 50.0 Å². The van der Waals surface area contributed by atoms with Crippen LogP contribution in [0.4, 0.5) is 0 Å². The number of hydrogen-bond acceptors (Lipinski definition) is 6. The van der Waals surface area contributed by atoms with Crippen molar-refractivity contribution in [1.29, 1.82) is 0 Å². The summed E-state index contributed by atoms with van der Waals surface area (Å²) in [7, 11) is 0. The molecule has 1 aliphatic rings. The van der Waals surface area contributed by atoms with Crippen LogP contribution in [0.3, 0.4) is 0 Å². The van der Waals surface area contributed by atoms with E-state index >= 15 is 0 Å². The van der Waals surface area contributed by atoms with Crippen molar-refractivity contribution in [3.8, 4) is 17.4 Å². The Kier molecular flexibility index (Phi) is 4.23. The second-order valence-corrected chi connectivity index (χ2v) is 6.54. The normalized spacial score (nSPS) is 16.6. The fraction of sp³-hybridized carbons (Fsp3) is 0.263. The summed E-state index contributed by atoms with van der Waals surface area (Å²) in [5, 5.41) is 8.11. The standard InChI is InChI=1S/C19H19N5O3/c1-11(12(2)25)24-8-7-14(10-24)27-18-15-6-4-3-5-13(15)9-16(20-18)17-21-19(26)23-22-17/h3-6,9,14H,1,7-8,10H2,2H3,(H2,21,22,23,26)/t14-/m1/s1. The number of benzene rings is 1. The number of carbonyl (C=O) groups excluding carboxylic acids is 1. The maximum Gasteiger partial charge on any atom is 0.340 e. The molecule has 8 heteroatoms. The first-order chi connectivity index (χ1) is 13.0. The van der Waals surface area contributed by atoms with Crippen molar-refractivity contribution in [2.45, 2.75) is 19.4 Å². The molecule has 1 atom stereocenters. The van der Waals surface area contributed by atoms with Gasteiger partial charge in [-0.05, 0) is 17.5 Å². The van der Waals surface area contributed by atoms with Gasteiger partial charge < -0.3 is 9.64 Å². The summed E-state index contributed by atoms with van der Waals surface area (Å²) in [6, 6.07) is 9.60. The van der Waals surface area contributed by atoms with E-state index in [1.807, 2.05) is 35.2 Å². The molecule has 0 spiro atoms. The highest BCUT2D eigenvalue weighted by molar-refractivity contribution is 5.92. The molecule has 2 N–H and O–H groups in total. The number of likely N-dealkylation sites (tertiary alicyclic amines) is 1. The van der Waals surface area contributed by atoms with Crippen LogP contribution in [0.15, 0.2) is 47.4 Å². The third-order valence-corrected chi connectivity index (χ3v) is 4.66. The quantitative estimate of drug-likeness (QED) is 0.669. The van der Waals surface area contributed by atoms with Crippen molar-refractivity contribution in [3.05, 3.63) is 53.1 Å². The lowest BCUT2D eigenvalue weighted by molar-refractivity contribution is -0.114. The highest BCUT2D eigenvalue weighted by atomic mass is 16.5. The molecule has 1 aliphatic heterocycles. The van der Waals surface area contributed by atoms with Crippen LogP contribution in [0.2, 0.25) is 0 Å². The SMILES string of the molecule is C=C(C(C)=O)N1CC[C@@H](Oc2nc(-c3n[nH]c(=O)[nH]3)cc3ccccc23)C1. The Morgan fingerprint density at radius 2 is 2.19 bits per heavy atom. The van der Waals surface area contributed by atoms with Gasteiger partial charge >= 0.3 is 5.69 Å². The lowest BCUT2D eigenvalue weighted by Gasteiger charge is -2.19. The number of carbonyl (C=O) groups is 1. The summed E-state index contributed by atoms with van der Waals surface area (Å²) in [5.41, 5.74) is 0.628. The van der Waals surface area contributed by atoms with Gasteiger partial charge in [0.05, 0.1) is 12.2 Å². The van der Waals surface area contributed by atoms with Gasteiger partial charge in [0.1, 0.15) is 11.8 Å². The predicted octanol–water partition coefficient (Wildman–Crippen LogP) is 1.87. The average Bonchev–Trinajstić information content (AvgIpc) is 3.30. The first-order valence-corrected chi connectivity index (χ1v) is 8.67. The van der Waals surface area contributed by atoms with Gasteiger partial charge in [-0.25, -0.2) is 14.9 Å². The Balaban J connectivity index is 1.66. The Morgan fingerprint density at radius 1 is 1.37 bits per heavy atom. The van der Waals surface area contributed by atoms with Crippen LogP contribution in [0.5, 0.6) is 5.88 Å². The van der Waals surface area contributed by atoms with E-state index in [2.05, 4.69) is 26.7 Å². The molecule has 1 fully saturated rings. The number of nitrogens with one attached hydrogen (secondary N) is 2. The number of ketones is 1. The maximum absolute atomic E-state index is 11.5. The fourth-order valence-electron chi connectivity index (χ4n) is 3.22. The van der Waals surface area contributed by atoms with Crippen LogP contribution in [0, 0.1) is 0 Å². The van der Waals surface area contributed by atoms with E-state index in [9.17, 15) is 9.59 Å². The Labute approximate surface area is 154 Å². The van der Waals surface area contributed by atoms with Crippen molar-refractivity contribution < 1.29 is 9.53 Å². The zero-order chi connectivity index (χ0) is 19.0. The third-order valence-electron chi connectivity index (χ3n) is 4.66. The molecule has 0 saturated carbocycles. The van der Waals surface area contributed by atoms with Gasteiger partial charge in [0, 0.05) is 25.3 Å². The monoisotopic (exact) mass is 365 g/mol. The van der Waals surface area contributed by atoms with E-state index in [0.29, 0.717) is 36.2 Å². The first kappa shape index (κ1) is 17.0. The number of Topliss-reactive ketones (excluding diaryl/α,β-unsaturated/α-hetero) is 1. The average molecular weight is 365 g/mol. The highest BCUT2D eigenvalue weighted by Gasteiger charge is 2.27. The second kappa shape index (κ2) is 6.71. The molecule has 138 valence electrons. The Morgan fingerprint density at radius 3 is 2.93 bits per heavy atom. The lowest BCUT2D eigenvalue weighted by atomic mass is 10.1. The van der Waals surface area contributed by atoms with E-state index in [1.54, 1.807) is 0 Å². The number of allylic oxidation sites excluding steroid dienone is 1. The molecule has 27 heavy (non-hydrogen) atoms. The number of aromatic nitrogens is 4. The number of pyridine rings is 1. The maximum atomic E-state index is 11.5. The molecule has 0 amide bonds. The van der Waals surface area contributed by atoms with Gasteiger partial charge in [0.25, 0.3) is 0 Å². The number of H-pyrrole nitrogens is 2. The van der Waals surface area contributed by atoms with Crippen LogP contribution in [0.25, 0.3) is 22.3 Å². The zero-order valence-electron chi connectivity index (χ0n) is 14.9. The lowest BCUT2D eigenvalue weighted by Crippen LogP contribution is -2.26. The number of hydrogen-bond donors (Lipinski definition) is 2. The molecule has 0 bridgehead atoms. The summed E-state index contributed by atoms with van der Waals surface area (Å²) in [6.45, 7) is 6.65. The predicted molar refractivity (Wildman–Crippen MR) is 100 cm³/mol. The van der Waals surface area contributed by atoms with Crippen LogP contribution >= 0.6 is 0 Å². The van der Waals surface area contributed by atoms with Gasteiger partial charge in [-0.15, -0.1) is 0 Å². The largest absolute Gasteiger partial charge is 0.472 e. The molecule has 1 aromatic carbocycles. The smallest absolute Gasteiger partial charge is 0.340 e. The van der Waals surface area contributed by atoms with Gasteiger partial charge in [-0.1, -0.05) is 24.8 Å². The zero-order valence-corrected chi connectivity index (χ0v) is 14.9. The van der Waals surface area contributed by atoms with E-state index < -0.39 is 5.69 Å². The second-order valence-electron chi connectivity index (χ2n) is 6.54. The van der Waals surface area contributed by atoms with Crippen molar-refractivity contribution in [1.82, 2.24) is 25.1 Å². The summed E-state index contributed by atoms with van der Waals surface area (Å²) >= 11 is 0. The molecule has 3 aromatic rings. The third kappa shape index (κ3) is 3.33. The number of ether oxygens (including phenoxy) is 1. The van der Waals surface area contributed by atoms with Crippen molar-refractivity contribution >= 4 is 16.6 Å². The summed E-state index contributed by atoms with van der Waals surface area (Å²) in [6.07, 6.45) is 0.664. The summed E-state index contributed by atoms with van der Waals surface area (Å²) < 4.78 is 6.18. The van der Waals surface area contributed by atoms with Gasteiger partial charge in [0.2, 0.25) is 5.88 Å². The molecular weight excluding hydrogens is 346 g/mol. The number of aromatic amines is 2. The minimum atomic E-state index is -0.392. The molecule has 0 unspecified atom stereocenters.